The Labute approximate surface area is 176 Å². The molecule has 0 atom stereocenters. The van der Waals surface area contributed by atoms with Crippen LogP contribution in [0.2, 0.25) is 0 Å². The molecule has 1 N–H and O–H groups in total. The van der Waals surface area contributed by atoms with Gasteiger partial charge in [0, 0.05) is 10.6 Å². The van der Waals surface area contributed by atoms with E-state index in [2.05, 4.69) is 59.5 Å². The van der Waals surface area contributed by atoms with E-state index in [-0.39, 0.29) is 0 Å². The molecular formula is C24H23NO2S2. The summed E-state index contributed by atoms with van der Waals surface area (Å²) in [4.78, 5) is 1.31. The number of sulfonamides is 1. The zero-order valence-corrected chi connectivity index (χ0v) is 18.1. The van der Waals surface area contributed by atoms with Crippen molar-refractivity contribution in [3.8, 4) is 0 Å². The van der Waals surface area contributed by atoms with Crippen molar-refractivity contribution in [3.63, 3.8) is 0 Å². The fraction of sp³-hybridized carbons (Fsp3) is 0.167. The Morgan fingerprint density at radius 1 is 0.931 bits per heavy atom. The number of nitrogens with one attached hydrogen (secondary N) is 1. The van der Waals surface area contributed by atoms with Crippen LogP contribution in [0, 0.1) is 0 Å². The fourth-order valence-electron chi connectivity index (χ4n) is 3.90. The molecule has 0 unspecified atom stereocenters. The molecule has 29 heavy (non-hydrogen) atoms. The minimum absolute atomic E-state index is 0.571. The number of hydrogen-bond acceptors (Lipinski definition) is 3. The standard InChI is InChI=1S/C24H23NO2S2/c1-28-24-12-6-11-21-22(24)14-13-18-8-3-4-10-20(18)23(21)16-17-7-5-9-19(15-17)25-29(2,26)27/h3-12,15-16,25H,13-14H2,1-2H3/b23-16-. The maximum Gasteiger partial charge on any atom is 0.229 e. The average Bonchev–Trinajstić information content (AvgIpc) is 2.84. The second-order valence-corrected chi connectivity index (χ2v) is 9.80. The Morgan fingerprint density at radius 3 is 2.48 bits per heavy atom. The van der Waals surface area contributed by atoms with E-state index in [1.54, 1.807) is 17.8 Å². The Bertz CT molecular complexity index is 1200. The number of anilines is 1. The zero-order valence-electron chi connectivity index (χ0n) is 16.5. The molecule has 0 fully saturated rings. The molecule has 0 bridgehead atoms. The van der Waals surface area contributed by atoms with Gasteiger partial charge in [0.1, 0.15) is 0 Å². The highest BCUT2D eigenvalue weighted by atomic mass is 32.2. The van der Waals surface area contributed by atoms with Gasteiger partial charge in [0.2, 0.25) is 10.0 Å². The summed E-state index contributed by atoms with van der Waals surface area (Å²) in [5, 5.41) is 0. The number of hydrogen-bond donors (Lipinski definition) is 1. The van der Waals surface area contributed by atoms with E-state index in [1.807, 2.05) is 18.2 Å². The van der Waals surface area contributed by atoms with Gasteiger partial charge in [-0.25, -0.2) is 8.42 Å². The minimum atomic E-state index is -3.31. The van der Waals surface area contributed by atoms with Gasteiger partial charge in [0.15, 0.2) is 0 Å². The van der Waals surface area contributed by atoms with Crippen LogP contribution in [0.4, 0.5) is 5.69 Å². The molecule has 0 radical (unpaired) electrons. The molecule has 5 heteroatoms. The highest BCUT2D eigenvalue weighted by Gasteiger charge is 2.20. The molecule has 0 amide bonds. The molecule has 0 aromatic heterocycles. The van der Waals surface area contributed by atoms with Crippen molar-refractivity contribution >= 4 is 39.1 Å². The molecule has 1 aliphatic carbocycles. The van der Waals surface area contributed by atoms with E-state index in [1.165, 1.54) is 39.0 Å². The topological polar surface area (TPSA) is 46.2 Å². The summed E-state index contributed by atoms with van der Waals surface area (Å²) >= 11 is 1.78. The maximum atomic E-state index is 11.6. The molecule has 3 nitrogen and oxygen atoms in total. The first-order chi connectivity index (χ1) is 13.9. The SMILES string of the molecule is CSc1cccc2c1CCc1ccccc1/C2=C/c1cccc(NS(C)(=O)=O)c1. The lowest BCUT2D eigenvalue weighted by Gasteiger charge is -2.14. The number of thioether (sulfide) groups is 1. The van der Waals surface area contributed by atoms with E-state index in [4.69, 9.17) is 0 Å². The molecule has 0 aliphatic heterocycles. The van der Waals surface area contributed by atoms with Gasteiger partial charge < -0.3 is 0 Å². The van der Waals surface area contributed by atoms with Crippen LogP contribution < -0.4 is 4.72 Å². The molecule has 0 saturated heterocycles. The number of rotatable bonds is 4. The van der Waals surface area contributed by atoms with Crippen LogP contribution in [0.15, 0.2) is 71.6 Å². The Hall–Kier alpha value is -2.50. The monoisotopic (exact) mass is 421 g/mol. The van der Waals surface area contributed by atoms with E-state index in [0.29, 0.717) is 5.69 Å². The van der Waals surface area contributed by atoms with Gasteiger partial charge in [-0.3, -0.25) is 4.72 Å². The van der Waals surface area contributed by atoms with Crippen molar-refractivity contribution in [3.05, 3.63) is 94.5 Å². The van der Waals surface area contributed by atoms with Crippen LogP contribution in [-0.4, -0.2) is 20.9 Å². The average molecular weight is 422 g/mol. The molecule has 0 saturated carbocycles. The van der Waals surface area contributed by atoms with Gasteiger partial charge in [0.25, 0.3) is 0 Å². The summed E-state index contributed by atoms with van der Waals surface area (Å²) in [5.41, 5.74) is 7.93. The van der Waals surface area contributed by atoms with Gasteiger partial charge >= 0.3 is 0 Å². The summed E-state index contributed by atoms with van der Waals surface area (Å²) in [6.45, 7) is 0. The molecule has 0 spiro atoms. The highest BCUT2D eigenvalue weighted by Crippen LogP contribution is 2.38. The Morgan fingerprint density at radius 2 is 1.69 bits per heavy atom. The maximum absolute atomic E-state index is 11.6. The van der Waals surface area contributed by atoms with Crippen LogP contribution in [0.5, 0.6) is 0 Å². The van der Waals surface area contributed by atoms with Crippen molar-refractivity contribution in [2.45, 2.75) is 17.7 Å². The van der Waals surface area contributed by atoms with Gasteiger partial charge in [-0.2, -0.15) is 0 Å². The van der Waals surface area contributed by atoms with E-state index in [0.717, 1.165) is 18.4 Å². The Balaban J connectivity index is 1.90. The normalized spacial score (nSPS) is 14.8. The first-order valence-electron chi connectivity index (χ1n) is 9.49. The quantitative estimate of drug-likeness (QED) is 0.569. The molecule has 3 aromatic carbocycles. The minimum Gasteiger partial charge on any atom is -0.284 e. The molecule has 0 heterocycles. The van der Waals surface area contributed by atoms with Crippen molar-refractivity contribution in [2.24, 2.45) is 0 Å². The van der Waals surface area contributed by atoms with Crippen LogP contribution in [0.3, 0.4) is 0 Å². The second kappa shape index (κ2) is 8.09. The van der Waals surface area contributed by atoms with Crippen LogP contribution in [-0.2, 0) is 22.9 Å². The van der Waals surface area contributed by atoms with Crippen LogP contribution >= 0.6 is 11.8 Å². The lowest BCUT2D eigenvalue weighted by atomic mass is 9.92. The van der Waals surface area contributed by atoms with Crippen LogP contribution in [0.1, 0.15) is 27.8 Å². The molecule has 148 valence electrons. The van der Waals surface area contributed by atoms with Crippen molar-refractivity contribution in [2.75, 3.05) is 17.2 Å². The first kappa shape index (κ1) is 19.8. The number of benzene rings is 3. The fourth-order valence-corrected chi connectivity index (χ4v) is 5.13. The van der Waals surface area contributed by atoms with Gasteiger partial charge in [-0.05, 0) is 76.8 Å². The highest BCUT2D eigenvalue weighted by molar-refractivity contribution is 7.98. The Kier molecular flexibility index (Phi) is 5.52. The van der Waals surface area contributed by atoms with Crippen molar-refractivity contribution in [1.82, 2.24) is 0 Å². The van der Waals surface area contributed by atoms with Gasteiger partial charge in [0.05, 0.1) is 6.26 Å². The predicted octanol–water partition coefficient (Wildman–Crippen LogP) is 5.47. The smallest absolute Gasteiger partial charge is 0.229 e. The lowest BCUT2D eigenvalue weighted by molar-refractivity contribution is 0.607. The molecule has 3 aromatic rings. The summed E-state index contributed by atoms with van der Waals surface area (Å²) in [7, 11) is -3.31. The molecule has 4 rings (SSSR count). The third kappa shape index (κ3) is 4.41. The second-order valence-electron chi connectivity index (χ2n) is 7.20. The lowest BCUT2D eigenvalue weighted by Crippen LogP contribution is -2.09. The molecule has 1 aliphatic rings. The van der Waals surface area contributed by atoms with Crippen LogP contribution in [0.25, 0.3) is 11.6 Å². The molecular weight excluding hydrogens is 398 g/mol. The summed E-state index contributed by atoms with van der Waals surface area (Å²) in [5.74, 6) is 0. The largest absolute Gasteiger partial charge is 0.284 e. The van der Waals surface area contributed by atoms with E-state index >= 15 is 0 Å². The van der Waals surface area contributed by atoms with Crippen molar-refractivity contribution < 1.29 is 8.42 Å². The summed E-state index contributed by atoms with van der Waals surface area (Å²) in [6.07, 6.45) is 7.47. The van der Waals surface area contributed by atoms with Gasteiger partial charge in [-0.1, -0.05) is 48.5 Å². The number of aryl methyl sites for hydroxylation is 1. The third-order valence-electron chi connectivity index (χ3n) is 5.10. The summed E-state index contributed by atoms with van der Waals surface area (Å²) in [6, 6.07) is 22.6. The van der Waals surface area contributed by atoms with Gasteiger partial charge in [-0.15, -0.1) is 11.8 Å². The first-order valence-corrected chi connectivity index (χ1v) is 12.6. The summed E-state index contributed by atoms with van der Waals surface area (Å²) < 4.78 is 25.8. The zero-order chi connectivity index (χ0) is 20.4. The van der Waals surface area contributed by atoms with E-state index in [9.17, 15) is 8.42 Å². The number of fused-ring (bicyclic) bond motifs is 2. The van der Waals surface area contributed by atoms with Crippen molar-refractivity contribution in [1.29, 1.82) is 0 Å². The third-order valence-corrected chi connectivity index (χ3v) is 6.52. The predicted molar refractivity (Wildman–Crippen MR) is 124 cm³/mol. The van der Waals surface area contributed by atoms with E-state index < -0.39 is 10.0 Å².